The number of aliphatic imine (C=N–C) groups is 1. The zero-order valence-electron chi connectivity index (χ0n) is 15.7. The Balaban J connectivity index is 1.82. The number of benzene rings is 1. The lowest BCUT2D eigenvalue weighted by Crippen LogP contribution is -2.42. The second kappa shape index (κ2) is 9.28. The van der Waals surface area contributed by atoms with Crippen LogP contribution in [0.4, 0.5) is 0 Å². The van der Waals surface area contributed by atoms with E-state index in [4.69, 9.17) is 24.4 Å². The average Bonchev–Trinajstić information content (AvgIpc) is 2.73. The number of rotatable bonds is 6. The van der Waals surface area contributed by atoms with Crippen molar-refractivity contribution in [2.75, 3.05) is 7.05 Å². The molecule has 2 radical (unpaired) electrons. The Morgan fingerprint density at radius 1 is 1.32 bits per heavy atom. The van der Waals surface area contributed by atoms with Crippen molar-refractivity contribution in [3.05, 3.63) is 101 Å². The maximum absolute atomic E-state index is 6.12. The number of pyridine rings is 1. The number of likely N-dealkylation sites (N-methyl/N-ethyl adjacent to an activating group) is 1. The molecule has 1 aliphatic heterocycles. The summed E-state index contributed by atoms with van der Waals surface area (Å²) >= 11 is 5.95. The molecule has 0 spiro atoms. The summed E-state index contributed by atoms with van der Waals surface area (Å²) in [7, 11) is 8.03. The molecule has 0 unspecified atom stereocenters. The minimum atomic E-state index is 0.524. The number of nitrogens with one attached hydrogen (secondary N) is 2. The van der Waals surface area contributed by atoms with Crippen LogP contribution in [-0.4, -0.2) is 30.6 Å². The summed E-state index contributed by atoms with van der Waals surface area (Å²) in [4.78, 5) is 10.8. The Morgan fingerprint density at radius 3 is 2.79 bits per heavy atom. The van der Waals surface area contributed by atoms with Crippen molar-refractivity contribution >= 4 is 25.3 Å². The number of allylic oxidation sites excluding steroid dienone is 2. The lowest BCUT2D eigenvalue weighted by atomic mass is 9.95. The molecule has 0 bridgehead atoms. The van der Waals surface area contributed by atoms with Crippen LogP contribution in [-0.2, 0) is 13.1 Å². The lowest BCUT2D eigenvalue weighted by Gasteiger charge is -2.32. The van der Waals surface area contributed by atoms with E-state index in [0.717, 1.165) is 28.6 Å². The van der Waals surface area contributed by atoms with Gasteiger partial charge in [0.25, 0.3) is 0 Å². The smallest absolute Gasteiger partial charge is 0.132 e. The Bertz CT molecular complexity index is 920. The number of hydrogen-bond acceptors (Lipinski definition) is 4. The number of halogens is 1. The van der Waals surface area contributed by atoms with E-state index in [9.17, 15) is 0 Å². The predicted molar refractivity (Wildman–Crippen MR) is 116 cm³/mol. The van der Waals surface area contributed by atoms with Gasteiger partial charge in [0.05, 0.1) is 6.54 Å². The van der Waals surface area contributed by atoms with E-state index in [-0.39, 0.29) is 0 Å². The van der Waals surface area contributed by atoms with E-state index in [1.165, 1.54) is 0 Å². The first-order valence-corrected chi connectivity index (χ1v) is 9.21. The van der Waals surface area contributed by atoms with Gasteiger partial charge < -0.3 is 15.5 Å². The number of hydrogen-bond donors (Lipinski definition) is 2. The summed E-state index contributed by atoms with van der Waals surface area (Å²) < 4.78 is 0. The van der Waals surface area contributed by atoms with Crippen LogP contribution in [0.3, 0.4) is 0 Å². The van der Waals surface area contributed by atoms with E-state index < -0.39 is 0 Å². The van der Waals surface area contributed by atoms with E-state index in [1.807, 2.05) is 60.6 Å². The molecule has 3 rings (SSSR count). The molecule has 0 atom stereocenters. The fourth-order valence-electron chi connectivity index (χ4n) is 2.66. The highest BCUT2D eigenvalue weighted by Gasteiger charge is 2.19. The standard InChI is InChI=1S/C21H21BClN5/c1-3-18(22)21-27-19(25-13-15-6-8-17(23)9-7-15)11-20(28(21)2)26-14-16-5-4-10-24-12-16/h3-12,25,27H,1,13-14H2,2H3/b21-18+,26-20?. The molecule has 5 nitrogen and oxygen atoms in total. The van der Waals surface area contributed by atoms with Crippen molar-refractivity contribution in [2.24, 2.45) is 4.99 Å². The van der Waals surface area contributed by atoms with Gasteiger partial charge in [0.15, 0.2) is 0 Å². The van der Waals surface area contributed by atoms with Crippen LogP contribution in [0.1, 0.15) is 11.1 Å². The predicted octanol–water partition coefficient (Wildman–Crippen LogP) is 3.32. The van der Waals surface area contributed by atoms with E-state index in [1.54, 1.807) is 12.3 Å². The third-order valence-electron chi connectivity index (χ3n) is 4.24. The summed E-state index contributed by atoms with van der Waals surface area (Å²) in [6.07, 6.45) is 7.12. The minimum Gasteiger partial charge on any atom is -0.367 e. The number of amidine groups is 1. The fraction of sp³-hybridized carbons (Fsp3) is 0.143. The first-order valence-electron chi connectivity index (χ1n) is 8.83. The zero-order valence-corrected chi connectivity index (χ0v) is 16.4. The molecule has 1 aromatic heterocycles. The van der Waals surface area contributed by atoms with Gasteiger partial charge >= 0.3 is 0 Å². The van der Waals surface area contributed by atoms with Gasteiger partial charge in [-0.05, 0) is 29.3 Å². The Morgan fingerprint density at radius 2 is 2.11 bits per heavy atom. The van der Waals surface area contributed by atoms with Gasteiger partial charge in [-0.1, -0.05) is 47.9 Å². The van der Waals surface area contributed by atoms with Crippen molar-refractivity contribution in [3.8, 4) is 0 Å². The molecule has 0 amide bonds. The molecular formula is C21H21BClN5. The lowest BCUT2D eigenvalue weighted by molar-refractivity contribution is 0.538. The maximum atomic E-state index is 6.12. The molecule has 140 valence electrons. The highest BCUT2D eigenvalue weighted by molar-refractivity contribution is 6.30. The molecule has 28 heavy (non-hydrogen) atoms. The highest BCUT2D eigenvalue weighted by atomic mass is 35.5. The van der Waals surface area contributed by atoms with E-state index in [0.29, 0.717) is 23.6 Å². The Kier molecular flexibility index (Phi) is 6.55. The highest BCUT2D eigenvalue weighted by Crippen LogP contribution is 2.15. The van der Waals surface area contributed by atoms with Gasteiger partial charge in [-0.25, -0.2) is 0 Å². The van der Waals surface area contributed by atoms with Crippen molar-refractivity contribution < 1.29 is 0 Å². The largest absolute Gasteiger partial charge is 0.367 e. The third-order valence-corrected chi connectivity index (χ3v) is 4.49. The molecule has 0 saturated carbocycles. The molecule has 0 fully saturated rings. The van der Waals surface area contributed by atoms with Crippen LogP contribution in [0.5, 0.6) is 0 Å². The fourth-order valence-corrected chi connectivity index (χ4v) is 2.79. The quantitative estimate of drug-likeness (QED) is 0.744. The molecule has 7 heteroatoms. The van der Waals surface area contributed by atoms with Crippen LogP contribution in [0.25, 0.3) is 0 Å². The number of nitrogens with zero attached hydrogens (tertiary/aromatic N) is 3. The molecule has 1 aliphatic rings. The average molecular weight is 390 g/mol. The van der Waals surface area contributed by atoms with Gasteiger partial charge in [0, 0.05) is 37.1 Å². The molecule has 0 aliphatic carbocycles. The van der Waals surface area contributed by atoms with Crippen molar-refractivity contribution in [2.45, 2.75) is 13.1 Å². The van der Waals surface area contributed by atoms with Gasteiger partial charge in [-0.2, -0.15) is 0 Å². The summed E-state index contributed by atoms with van der Waals surface area (Å²) in [6.45, 7) is 4.93. The maximum Gasteiger partial charge on any atom is 0.132 e. The molecule has 0 saturated heterocycles. The first kappa shape index (κ1) is 19.8. The molecule has 1 aromatic carbocycles. The van der Waals surface area contributed by atoms with E-state index in [2.05, 4.69) is 22.2 Å². The molecule has 2 aromatic rings. The summed E-state index contributed by atoms with van der Waals surface area (Å²) in [6, 6.07) is 11.6. The first-order chi connectivity index (χ1) is 13.6. The summed E-state index contributed by atoms with van der Waals surface area (Å²) in [5.74, 6) is 2.31. The van der Waals surface area contributed by atoms with Crippen LogP contribution >= 0.6 is 11.6 Å². The van der Waals surface area contributed by atoms with Crippen molar-refractivity contribution in [1.82, 2.24) is 20.5 Å². The van der Waals surface area contributed by atoms with Crippen LogP contribution in [0.15, 0.2) is 89.6 Å². The molecule has 2 N–H and O–H groups in total. The Labute approximate surface area is 171 Å². The van der Waals surface area contributed by atoms with Crippen LogP contribution in [0.2, 0.25) is 5.02 Å². The summed E-state index contributed by atoms with van der Waals surface area (Å²) in [5.41, 5.74) is 2.69. The van der Waals surface area contributed by atoms with Crippen molar-refractivity contribution in [1.29, 1.82) is 0 Å². The topological polar surface area (TPSA) is 52.6 Å². The minimum absolute atomic E-state index is 0.524. The zero-order chi connectivity index (χ0) is 19.9. The van der Waals surface area contributed by atoms with Crippen LogP contribution in [0, 0.1) is 0 Å². The van der Waals surface area contributed by atoms with E-state index >= 15 is 0 Å². The SMILES string of the molecule is [B]/C(C=C)=C1\NC(NCc2ccc(Cl)cc2)=CC(=NCc2cccnc2)N1C. The molecule has 2 heterocycles. The van der Waals surface area contributed by atoms with Gasteiger partial charge in [0.2, 0.25) is 0 Å². The van der Waals surface area contributed by atoms with Crippen molar-refractivity contribution in [3.63, 3.8) is 0 Å². The van der Waals surface area contributed by atoms with Crippen LogP contribution < -0.4 is 10.6 Å². The summed E-state index contributed by atoms with van der Waals surface area (Å²) in [5, 5.41) is 7.40. The normalized spacial score (nSPS) is 17.0. The second-order valence-corrected chi connectivity index (χ2v) is 6.70. The molecular weight excluding hydrogens is 369 g/mol. The number of aromatic nitrogens is 1. The third kappa shape index (κ3) is 5.05. The second-order valence-electron chi connectivity index (χ2n) is 6.27. The monoisotopic (exact) mass is 389 g/mol. The van der Waals surface area contributed by atoms with Gasteiger partial charge in [-0.3, -0.25) is 9.98 Å². The Hall–Kier alpha value is -2.99. The van der Waals surface area contributed by atoms with Gasteiger partial charge in [-0.15, -0.1) is 0 Å². The van der Waals surface area contributed by atoms with Gasteiger partial charge in [0.1, 0.15) is 25.3 Å².